The Balaban J connectivity index is 1.99. The minimum Gasteiger partial charge on any atom is -0.493 e. The van der Waals surface area contributed by atoms with E-state index in [1.54, 1.807) is 19.4 Å². The standard InChI is InChI=1S/C16H17ClN4O3/c1-22-13-8-12-11(7-14(13)24-6-4-18)15(21-16(17)20-12)19-9-10-3-2-5-23-10/h2-3,5,7-8H,4,6,9,18H2,1H3,(H,19,20,21). The molecule has 24 heavy (non-hydrogen) atoms. The number of fused-ring (bicyclic) bond motifs is 1. The molecule has 0 aliphatic carbocycles. The van der Waals surface area contributed by atoms with E-state index < -0.39 is 0 Å². The van der Waals surface area contributed by atoms with Crippen LogP contribution in [0, 0.1) is 0 Å². The van der Waals surface area contributed by atoms with Crippen molar-refractivity contribution < 1.29 is 13.9 Å². The van der Waals surface area contributed by atoms with Crippen molar-refractivity contribution in [3.63, 3.8) is 0 Å². The molecule has 0 amide bonds. The molecule has 2 heterocycles. The molecule has 0 aliphatic rings. The summed E-state index contributed by atoms with van der Waals surface area (Å²) in [7, 11) is 1.56. The summed E-state index contributed by atoms with van der Waals surface area (Å²) >= 11 is 6.03. The average molecular weight is 349 g/mol. The van der Waals surface area contributed by atoms with E-state index in [1.807, 2.05) is 18.2 Å². The first kappa shape index (κ1) is 16.4. The molecule has 0 radical (unpaired) electrons. The molecule has 0 saturated carbocycles. The smallest absolute Gasteiger partial charge is 0.224 e. The number of furan rings is 1. The van der Waals surface area contributed by atoms with Gasteiger partial charge in [0, 0.05) is 18.0 Å². The van der Waals surface area contributed by atoms with Gasteiger partial charge in [-0.15, -0.1) is 0 Å². The first-order valence-electron chi connectivity index (χ1n) is 7.35. The summed E-state index contributed by atoms with van der Waals surface area (Å²) in [4.78, 5) is 8.50. The Hall–Kier alpha value is -2.51. The van der Waals surface area contributed by atoms with Gasteiger partial charge >= 0.3 is 0 Å². The number of hydrogen-bond donors (Lipinski definition) is 2. The van der Waals surface area contributed by atoms with Gasteiger partial charge in [0.05, 0.1) is 25.4 Å². The molecular formula is C16H17ClN4O3. The zero-order valence-corrected chi connectivity index (χ0v) is 13.8. The van der Waals surface area contributed by atoms with Gasteiger partial charge in [-0.2, -0.15) is 0 Å². The van der Waals surface area contributed by atoms with Gasteiger partial charge in [-0.3, -0.25) is 0 Å². The Morgan fingerprint density at radius 3 is 2.88 bits per heavy atom. The minimum atomic E-state index is 0.141. The normalized spacial score (nSPS) is 10.8. The van der Waals surface area contributed by atoms with Gasteiger partial charge in [-0.25, -0.2) is 9.97 Å². The van der Waals surface area contributed by atoms with Crippen LogP contribution in [0.1, 0.15) is 5.76 Å². The highest BCUT2D eigenvalue weighted by molar-refractivity contribution is 6.28. The quantitative estimate of drug-likeness (QED) is 0.634. The average Bonchev–Trinajstić information content (AvgIpc) is 3.10. The predicted octanol–water partition coefficient (Wildman–Crippen LogP) is 2.83. The number of hydrogen-bond acceptors (Lipinski definition) is 7. The van der Waals surface area contributed by atoms with E-state index in [9.17, 15) is 0 Å². The van der Waals surface area contributed by atoms with Crippen molar-refractivity contribution in [2.24, 2.45) is 5.73 Å². The SMILES string of the molecule is COc1cc2nc(Cl)nc(NCc3ccco3)c2cc1OCCN. The zero-order valence-electron chi connectivity index (χ0n) is 13.1. The second-order valence-electron chi connectivity index (χ2n) is 4.93. The van der Waals surface area contributed by atoms with Gasteiger partial charge in [0.15, 0.2) is 11.5 Å². The number of methoxy groups -OCH3 is 1. The number of aromatic nitrogens is 2. The van der Waals surface area contributed by atoms with Crippen molar-refractivity contribution in [3.8, 4) is 11.5 Å². The molecule has 3 N–H and O–H groups in total. The molecule has 0 saturated heterocycles. The van der Waals surface area contributed by atoms with E-state index in [1.165, 1.54) is 0 Å². The first-order valence-corrected chi connectivity index (χ1v) is 7.73. The summed E-state index contributed by atoms with van der Waals surface area (Å²) in [6.07, 6.45) is 1.62. The third kappa shape index (κ3) is 3.52. The molecule has 8 heteroatoms. The van der Waals surface area contributed by atoms with E-state index in [0.29, 0.717) is 42.5 Å². The fraction of sp³-hybridized carbons (Fsp3) is 0.250. The molecule has 0 atom stereocenters. The van der Waals surface area contributed by atoms with Crippen molar-refractivity contribution in [3.05, 3.63) is 41.6 Å². The van der Waals surface area contributed by atoms with Crippen LogP contribution in [0.5, 0.6) is 11.5 Å². The monoisotopic (exact) mass is 348 g/mol. The van der Waals surface area contributed by atoms with Gasteiger partial charge < -0.3 is 24.9 Å². The van der Waals surface area contributed by atoms with Gasteiger partial charge in [-0.05, 0) is 29.8 Å². The second-order valence-corrected chi connectivity index (χ2v) is 5.27. The summed E-state index contributed by atoms with van der Waals surface area (Å²) in [5.41, 5.74) is 6.15. The fourth-order valence-corrected chi connectivity index (χ4v) is 2.44. The second kappa shape index (κ2) is 7.37. The minimum absolute atomic E-state index is 0.141. The van der Waals surface area contributed by atoms with Crippen molar-refractivity contribution in [2.75, 3.05) is 25.6 Å². The molecule has 0 aliphatic heterocycles. The highest BCUT2D eigenvalue weighted by Crippen LogP contribution is 2.34. The fourth-order valence-electron chi connectivity index (χ4n) is 2.27. The number of nitrogens with two attached hydrogens (primary N) is 1. The van der Waals surface area contributed by atoms with Gasteiger partial charge in [0.25, 0.3) is 0 Å². The lowest BCUT2D eigenvalue weighted by Gasteiger charge is -2.13. The molecule has 126 valence electrons. The number of benzene rings is 1. The Morgan fingerprint density at radius 2 is 2.17 bits per heavy atom. The topological polar surface area (TPSA) is 95.4 Å². The summed E-state index contributed by atoms with van der Waals surface area (Å²) < 4.78 is 16.3. The van der Waals surface area contributed by atoms with E-state index in [2.05, 4.69) is 15.3 Å². The molecule has 0 bridgehead atoms. The number of rotatable bonds is 7. The van der Waals surface area contributed by atoms with Gasteiger partial charge in [0.1, 0.15) is 18.2 Å². The van der Waals surface area contributed by atoms with Crippen LogP contribution in [0.4, 0.5) is 5.82 Å². The highest BCUT2D eigenvalue weighted by atomic mass is 35.5. The molecule has 0 spiro atoms. The maximum atomic E-state index is 6.03. The number of nitrogens with one attached hydrogen (secondary N) is 1. The number of anilines is 1. The first-order chi connectivity index (χ1) is 11.7. The van der Waals surface area contributed by atoms with Crippen LogP contribution in [0.15, 0.2) is 34.9 Å². The van der Waals surface area contributed by atoms with E-state index >= 15 is 0 Å². The van der Waals surface area contributed by atoms with Crippen molar-refractivity contribution in [1.29, 1.82) is 0 Å². The number of nitrogens with zero attached hydrogens (tertiary/aromatic N) is 2. The van der Waals surface area contributed by atoms with Crippen LogP contribution in [0.3, 0.4) is 0 Å². The Bertz CT molecular complexity index is 824. The maximum absolute atomic E-state index is 6.03. The van der Waals surface area contributed by atoms with E-state index in [-0.39, 0.29) is 5.28 Å². The molecule has 3 aromatic rings. The summed E-state index contributed by atoms with van der Waals surface area (Å²) in [5.74, 6) is 2.50. The number of ether oxygens (including phenoxy) is 2. The van der Waals surface area contributed by atoms with E-state index in [4.69, 9.17) is 31.2 Å². The zero-order chi connectivity index (χ0) is 16.9. The lowest BCUT2D eigenvalue weighted by atomic mass is 10.2. The molecule has 3 rings (SSSR count). The maximum Gasteiger partial charge on any atom is 0.224 e. The molecular weight excluding hydrogens is 332 g/mol. The molecule has 1 aromatic carbocycles. The van der Waals surface area contributed by atoms with Crippen molar-refractivity contribution in [1.82, 2.24) is 9.97 Å². The predicted molar refractivity (Wildman–Crippen MR) is 91.7 cm³/mol. The Labute approximate surface area is 143 Å². The Kier molecular flexibility index (Phi) is 5.02. The largest absolute Gasteiger partial charge is 0.493 e. The summed E-state index contributed by atoms with van der Waals surface area (Å²) in [6, 6.07) is 7.26. The van der Waals surface area contributed by atoms with Crippen LogP contribution in [-0.4, -0.2) is 30.2 Å². The van der Waals surface area contributed by atoms with Crippen molar-refractivity contribution in [2.45, 2.75) is 6.54 Å². The summed E-state index contributed by atoms with van der Waals surface area (Å²) in [6.45, 7) is 1.26. The van der Waals surface area contributed by atoms with Crippen LogP contribution in [-0.2, 0) is 6.54 Å². The van der Waals surface area contributed by atoms with Crippen LogP contribution >= 0.6 is 11.6 Å². The summed E-state index contributed by atoms with van der Waals surface area (Å²) in [5, 5.41) is 4.10. The van der Waals surface area contributed by atoms with E-state index in [0.717, 1.165) is 11.1 Å². The van der Waals surface area contributed by atoms with Gasteiger partial charge in [-0.1, -0.05) is 0 Å². The van der Waals surface area contributed by atoms with Crippen LogP contribution in [0.2, 0.25) is 5.28 Å². The van der Waals surface area contributed by atoms with Crippen LogP contribution in [0.25, 0.3) is 10.9 Å². The van der Waals surface area contributed by atoms with Gasteiger partial charge in [0.2, 0.25) is 5.28 Å². The lowest BCUT2D eigenvalue weighted by Crippen LogP contribution is -2.11. The third-order valence-electron chi connectivity index (χ3n) is 3.34. The number of halogens is 1. The molecule has 7 nitrogen and oxygen atoms in total. The molecule has 0 fully saturated rings. The third-order valence-corrected chi connectivity index (χ3v) is 3.51. The molecule has 0 unspecified atom stereocenters. The molecule has 2 aromatic heterocycles. The van der Waals surface area contributed by atoms with Crippen LogP contribution < -0.4 is 20.5 Å². The van der Waals surface area contributed by atoms with Crippen molar-refractivity contribution >= 4 is 28.3 Å². The highest BCUT2D eigenvalue weighted by Gasteiger charge is 2.13. The lowest BCUT2D eigenvalue weighted by molar-refractivity contribution is 0.303. The Morgan fingerprint density at radius 1 is 1.29 bits per heavy atom.